The fourth-order valence-electron chi connectivity index (χ4n) is 7.62. The van der Waals surface area contributed by atoms with Crippen LogP contribution in [0.2, 0.25) is 5.02 Å². The molecule has 0 spiro atoms. The molecule has 2 atom stereocenters. The van der Waals surface area contributed by atoms with Crippen LogP contribution in [-0.2, 0) is 20.4 Å². The molecule has 0 saturated carbocycles. The van der Waals surface area contributed by atoms with Gasteiger partial charge in [0.15, 0.2) is 0 Å². The first kappa shape index (κ1) is 44.3. The van der Waals surface area contributed by atoms with E-state index in [-0.39, 0.29) is 23.6 Å². The molecule has 2 N–H and O–H groups in total. The van der Waals surface area contributed by atoms with E-state index in [4.69, 9.17) is 20.9 Å². The van der Waals surface area contributed by atoms with Gasteiger partial charge in [0.1, 0.15) is 5.69 Å². The smallest absolute Gasteiger partial charge is 0.326 e. The Hall–Kier alpha value is -4.72. The number of piperazine rings is 1. The molecule has 2 aliphatic heterocycles. The first-order valence-corrected chi connectivity index (χ1v) is 23.7. The summed E-state index contributed by atoms with van der Waals surface area (Å²) in [6.07, 6.45) is 0.752. The second kappa shape index (κ2) is 21.4. The summed E-state index contributed by atoms with van der Waals surface area (Å²) in [6, 6.07) is 37.9. The van der Waals surface area contributed by atoms with Gasteiger partial charge < -0.3 is 19.5 Å². The van der Waals surface area contributed by atoms with Gasteiger partial charge in [0.25, 0.3) is 11.6 Å². The minimum atomic E-state index is -4.07. The highest BCUT2D eigenvalue weighted by Crippen LogP contribution is 2.43. The maximum atomic E-state index is 14.4. The van der Waals surface area contributed by atoms with Crippen molar-refractivity contribution in [2.24, 2.45) is 0 Å². The highest BCUT2D eigenvalue weighted by atomic mass is 35.5. The maximum absolute atomic E-state index is 14.4. The number of nitro benzene ring substituents is 1. The van der Waals surface area contributed by atoms with E-state index < -0.39 is 18.4 Å². The summed E-state index contributed by atoms with van der Waals surface area (Å²) in [5, 5.41) is 19.3. The van der Waals surface area contributed by atoms with E-state index in [1.54, 1.807) is 36.9 Å². The lowest BCUT2D eigenvalue weighted by Crippen LogP contribution is -2.46. The zero-order valence-corrected chi connectivity index (χ0v) is 36.8. The average Bonchev–Trinajstić information content (AvgIpc) is 3.29. The Labute approximate surface area is 367 Å². The molecule has 15 heteroatoms. The van der Waals surface area contributed by atoms with E-state index in [0.29, 0.717) is 35.2 Å². The van der Waals surface area contributed by atoms with E-state index in [9.17, 15) is 19.5 Å². The molecule has 1 amide bonds. The normalized spacial score (nSPS) is 16.4. The molecule has 2 fully saturated rings. The van der Waals surface area contributed by atoms with Crippen molar-refractivity contribution in [1.29, 1.82) is 0 Å². The van der Waals surface area contributed by atoms with Crippen LogP contribution in [0.1, 0.15) is 29.3 Å². The Kier molecular flexibility index (Phi) is 15.5. The van der Waals surface area contributed by atoms with E-state index in [2.05, 4.69) is 61.5 Å². The lowest BCUT2D eigenvalue weighted by Gasteiger charge is -2.36. The van der Waals surface area contributed by atoms with Crippen LogP contribution < -0.4 is 20.6 Å². The number of thioether (sulfide) groups is 1. The SMILES string of the molecule is CCOP(=O)(NC(=O)c1ccc(N2CCN(Cc3ccccc3-c3ccc(Cl)cc3)CC2)cc1)c1ccc(N[C@H](CCN2CCOCC2)CSc2ccccc2)c([N+](=O)[O-])c1. The van der Waals surface area contributed by atoms with Crippen molar-refractivity contribution < 1.29 is 23.5 Å². The Morgan fingerprint density at radius 2 is 1.59 bits per heavy atom. The number of carbonyl (C=O) groups excluding carboxylic acids is 1. The minimum absolute atomic E-state index is 0.0172. The highest BCUT2D eigenvalue weighted by Gasteiger charge is 2.32. The molecule has 0 aromatic heterocycles. The number of nitrogens with one attached hydrogen (secondary N) is 2. The standard InChI is InChI=1S/C46H52ClN6O6PS/c1-2-59-60(57,41-20-21-44(45(32-41)53(55)56)48-39(22-23-50-28-30-58-31-29-50)34-61-42-9-4-3-5-10-42)49-46(54)36-14-18-40(19-15-36)52-26-24-51(25-27-52)33-37-8-6-7-11-43(37)35-12-16-38(47)17-13-35/h3-21,32,39,48H,2,22-31,33-34H2,1H3,(H,49,54,57)/t39-,60?/m1/s1. The van der Waals surface area contributed by atoms with Gasteiger partial charge >= 0.3 is 7.52 Å². The monoisotopic (exact) mass is 882 g/mol. The van der Waals surface area contributed by atoms with Crippen LogP contribution in [-0.4, -0.2) is 98.1 Å². The quantitative estimate of drug-likeness (QED) is 0.0379. The van der Waals surface area contributed by atoms with Gasteiger partial charge in [-0.2, -0.15) is 0 Å². The zero-order chi connectivity index (χ0) is 42.6. The van der Waals surface area contributed by atoms with Gasteiger partial charge in [0, 0.05) is 91.4 Å². The fourth-order valence-corrected chi connectivity index (χ4v) is 10.4. The summed E-state index contributed by atoms with van der Waals surface area (Å²) >= 11 is 7.82. The second-order valence-electron chi connectivity index (χ2n) is 15.1. The first-order valence-electron chi connectivity index (χ1n) is 20.7. The molecule has 61 heavy (non-hydrogen) atoms. The lowest BCUT2D eigenvalue weighted by atomic mass is 9.99. The molecule has 7 rings (SSSR count). The van der Waals surface area contributed by atoms with Gasteiger partial charge in [-0.3, -0.25) is 34.4 Å². The van der Waals surface area contributed by atoms with Gasteiger partial charge in [0.2, 0.25) is 0 Å². The molecule has 12 nitrogen and oxygen atoms in total. The summed E-state index contributed by atoms with van der Waals surface area (Å²) in [5.41, 5.74) is 4.94. The van der Waals surface area contributed by atoms with Crippen LogP contribution in [0.5, 0.6) is 0 Å². The van der Waals surface area contributed by atoms with E-state index in [1.807, 2.05) is 54.6 Å². The largest absolute Gasteiger partial charge is 0.379 e. The number of morpholine rings is 1. The van der Waals surface area contributed by atoms with Crippen LogP contribution >= 0.6 is 30.9 Å². The van der Waals surface area contributed by atoms with Crippen LogP contribution in [0.15, 0.2) is 126 Å². The molecule has 320 valence electrons. The van der Waals surface area contributed by atoms with Crippen molar-refractivity contribution in [3.05, 3.63) is 148 Å². The van der Waals surface area contributed by atoms with Crippen molar-refractivity contribution in [2.45, 2.75) is 30.8 Å². The number of benzene rings is 5. The van der Waals surface area contributed by atoms with Crippen molar-refractivity contribution in [2.75, 3.05) is 81.6 Å². The third kappa shape index (κ3) is 12.0. The van der Waals surface area contributed by atoms with Gasteiger partial charge in [-0.05, 0) is 90.7 Å². The Morgan fingerprint density at radius 1 is 0.885 bits per heavy atom. The third-order valence-corrected chi connectivity index (χ3v) is 14.5. The molecule has 5 aromatic rings. The molecule has 0 bridgehead atoms. The van der Waals surface area contributed by atoms with E-state index in [1.165, 1.54) is 23.3 Å². The number of carbonyl (C=O) groups is 1. The molecular weight excluding hydrogens is 831 g/mol. The third-order valence-electron chi connectivity index (χ3n) is 11.0. The number of ether oxygens (including phenoxy) is 1. The molecule has 2 heterocycles. The number of amides is 1. The molecule has 2 aliphatic rings. The van der Waals surface area contributed by atoms with Crippen LogP contribution in [0, 0.1) is 10.1 Å². The molecule has 0 aliphatic carbocycles. The summed E-state index contributed by atoms with van der Waals surface area (Å²) in [5.74, 6) is 0.0786. The topological polar surface area (TPSA) is 130 Å². The summed E-state index contributed by atoms with van der Waals surface area (Å²) < 4.78 is 25.6. The van der Waals surface area contributed by atoms with Gasteiger partial charge in [0.05, 0.1) is 30.0 Å². The molecule has 5 aromatic carbocycles. The van der Waals surface area contributed by atoms with Crippen molar-refractivity contribution >= 4 is 59.2 Å². The van der Waals surface area contributed by atoms with Crippen molar-refractivity contribution in [3.8, 4) is 11.1 Å². The van der Waals surface area contributed by atoms with Crippen LogP contribution in [0.25, 0.3) is 11.1 Å². The van der Waals surface area contributed by atoms with Crippen molar-refractivity contribution in [1.82, 2.24) is 14.9 Å². The Bertz CT molecular complexity index is 2280. The summed E-state index contributed by atoms with van der Waals surface area (Å²) in [6.45, 7) is 9.77. The maximum Gasteiger partial charge on any atom is 0.326 e. The molecule has 2 saturated heterocycles. The van der Waals surface area contributed by atoms with E-state index >= 15 is 0 Å². The number of nitrogens with zero attached hydrogens (tertiary/aromatic N) is 4. The second-order valence-corrected chi connectivity index (χ2v) is 18.7. The van der Waals surface area contributed by atoms with Gasteiger partial charge in [-0.15, -0.1) is 11.8 Å². The van der Waals surface area contributed by atoms with E-state index in [0.717, 1.165) is 74.9 Å². The van der Waals surface area contributed by atoms with Gasteiger partial charge in [-0.1, -0.05) is 66.2 Å². The number of halogens is 1. The van der Waals surface area contributed by atoms with Gasteiger partial charge in [-0.25, -0.2) is 0 Å². The number of nitro groups is 1. The molecular formula is C46H52ClN6O6PS. The zero-order valence-electron chi connectivity index (χ0n) is 34.3. The molecule has 0 radical (unpaired) electrons. The summed E-state index contributed by atoms with van der Waals surface area (Å²) in [4.78, 5) is 33.8. The number of anilines is 2. The molecule has 1 unspecified atom stereocenters. The summed E-state index contributed by atoms with van der Waals surface area (Å²) in [7, 11) is -4.07. The lowest BCUT2D eigenvalue weighted by molar-refractivity contribution is -0.383. The Balaban J connectivity index is 0.988. The predicted molar refractivity (Wildman–Crippen MR) is 247 cm³/mol. The van der Waals surface area contributed by atoms with Crippen LogP contribution in [0.4, 0.5) is 17.1 Å². The number of rotatable bonds is 18. The predicted octanol–water partition coefficient (Wildman–Crippen LogP) is 8.82. The number of hydrogen-bond donors (Lipinski definition) is 2. The first-order chi connectivity index (χ1) is 29.7. The highest BCUT2D eigenvalue weighted by molar-refractivity contribution is 7.99. The minimum Gasteiger partial charge on any atom is -0.379 e. The Morgan fingerprint density at radius 3 is 2.30 bits per heavy atom. The number of hydrogen-bond acceptors (Lipinski definition) is 11. The average molecular weight is 883 g/mol. The van der Waals surface area contributed by atoms with Crippen LogP contribution in [0.3, 0.4) is 0 Å². The fraction of sp³-hybridized carbons (Fsp3) is 0.326. The van der Waals surface area contributed by atoms with Crippen molar-refractivity contribution in [3.63, 3.8) is 0 Å².